The number of rotatable bonds is 5. The first-order chi connectivity index (χ1) is 8.36. The molecule has 0 radical (unpaired) electrons. The summed E-state index contributed by atoms with van der Waals surface area (Å²) < 4.78 is 5.58. The maximum absolute atomic E-state index is 5.58. The summed E-state index contributed by atoms with van der Waals surface area (Å²) in [5.74, 6) is 1.82. The number of ether oxygens (including phenoxy) is 1. The summed E-state index contributed by atoms with van der Waals surface area (Å²) in [6.07, 6.45) is 1.79. The molecule has 0 saturated heterocycles. The van der Waals surface area contributed by atoms with E-state index >= 15 is 0 Å². The molecule has 0 spiro atoms. The van der Waals surface area contributed by atoms with Gasteiger partial charge in [-0.1, -0.05) is 24.3 Å². The second-order valence-corrected chi connectivity index (χ2v) is 3.76. The molecule has 0 unspecified atom stereocenters. The first-order valence-electron chi connectivity index (χ1n) is 5.69. The largest absolute Gasteiger partial charge is 0.492 e. The lowest BCUT2D eigenvalue weighted by Crippen LogP contribution is -2.12. The molecule has 1 aromatic heterocycles. The van der Waals surface area contributed by atoms with Crippen LogP contribution in [-0.2, 0) is 0 Å². The lowest BCUT2D eigenvalue weighted by molar-refractivity contribution is 0.332. The Morgan fingerprint density at radius 2 is 1.94 bits per heavy atom. The first kappa shape index (κ1) is 11.5. The van der Waals surface area contributed by atoms with E-state index in [0.29, 0.717) is 6.61 Å². The Labute approximate surface area is 101 Å². The third kappa shape index (κ3) is 3.48. The Morgan fingerprint density at radius 3 is 2.71 bits per heavy atom. The van der Waals surface area contributed by atoms with Crippen molar-refractivity contribution in [2.24, 2.45) is 0 Å². The molecule has 0 fully saturated rings. The molecule has 0 atom stereocenters. The molecule has 2 aromatic rings. The molecule has 1 aromatic carbocycles. The smallest absolute Gasteiger partial charge is 0.128 e. The molecule has 0 bridgehead atoms. The molecule has 0 aliphatic rings. The molecular weight excluding hydrogens is 212 g/mol. The average molecular weight is 228 g/mol. The van der Waals surface area contributed by atoms with Gasteiger partial charge in [-0.3, -0.25) is 0 Å². The minimum Gasteiger partial charge on any atom is -0.492 e. The zero-order chi connectivity index (χ0) is 11.9. The zero-order valence-electron chi connectivity index (χ0n) is 9.89. The summed E-state index contributed by atoms with van der Waals surface area (Å²) in [6, 6.07) is 13.8. The Balaban J connectivity index is 1.76. The lowest BCUT2D eigenvalue weighted by Gasteiger charge is -2.09. The highest BCUT2D eigenvalue weighted by Gasteiger charge is 1.97. The maximum atomic E-state index is 5.58. The number of pyridine rings is 1. The summed E-state index contributed by atoms with van der Waals surface area (Å²) in [4.78, 5) is 4.26. The molecule has 1 heterocycles. The highest BCUT2D eigenvalue weighted by molar-refractivity contribution is 5.42. The van der Waals surface area contributed by atoms with Crippen molar-refractivity contribution in [1.82, 2.24) is 4.98 Å². The number of hydrogen-bond donors (Lipinski definition) is 1. The van der Waals surface area contributed by atoms with Crippen LogP contribution in [0.3, 0.4) is 0 Å². The van der Waals surface area contributed by atoms with E-state index in [1.165, 1.54) is 0 Å². The van der Waals surface area contributed by atoms with E-state index < -0.39 is 0 Å². The first-order valence-corrected chi connectivity index (χ1v) is 5.69. The number of aryl methyl sites for hydroxylation is 1. The highest BCUT2D eigenvalue weighted by atomic mass is 16.5. The van der Waals surface area contributed by atoms with Crippen LogP contribution in [0.15, 0.2) is 48.7 Å². The molecule has 3 heteroatoms. The van der Waals surface area contributed by atoms with Crippen molar-refractivity contribution in [3.8, 4) is 5.75 Å². The van der Waals surface area contributed by atoms with Crippen LogP contribution in [0.1, 0.15) is 5.56 Å². The van der Waals surface area contributed by atoms with E-state index in [1.807, 2.05) is 49.4 Å². The number of aromatic nitrogens is 1. The van der Waals surface area contributed by atoms with Crippen molar-refractivity contribution in [3.05, 3.63) is 54.2 Å². The predicted octanol–water partition coefficient (Wildman–Crippen LogP) is 2.88. The normalized spacial score (nSPS) is 9.94. The summed E-state index contributed by atoms with van der Waals surface area (Å²) in [6.45, 7) is 3.40. The summed E-state index contributed by atoms with van der Waals surface area (Å²) in [5.41, 5.74) is 1.15. The van der Waals surface area contributed by atoms with Gasteiger partial charge in [-0.05, 0) is 30.7 Å². The van der Waals surface area contributed by atoms with Gasteiger partial charge < -0.3 is 10.1 Å². The monoisotopic (exact) mass is 228 g/mol. The number of hydrogen-bond acceptors (Lipinski definition) is 3. The van der Waals surface area contributed by atoms with Gasteiger partial charge in [-0.2, -0.15) is 0 Å². The van der Waals surface area contributed by atoms with Crippen LogP contribution in [0.4, 0.5) is 5.82 Å². The predicted molar refractivity (Wildman–Crippen MR) is 69.4 cm³/mol. The van der Waals surface area contributed by atoms with Crippen LogP contribution in [0.2, 0.25) is 0 Å². The molecule has 0 aliphatic carbocycles. The summed E-state index contributed by atoms with van der Waals surface area (Å²) >= 11 is 0. The number of para-hydroxylation sites is 1. The van der Waals surface area contributed by atoms with Crippen LogP contribution in [0.5, 0.6) is 5.75 Å². The van der Waals surface area contributed by atoms with Gasteiger partial charge in [0.05, 0.1) is 6.54 Å². The standard InChI is InChI=1S/C14H16N2O/c1-12-6-5-9-15-14(12)16-10-11-17-13-7-3-2-4-8-13/h2-9H,10-11H2,1H3,(H,15,16). The van der Waals surface area contributed by atoms with E-state index in [9.17, 15) is 0 Å². The van der Waals surface area contributed by atoms with E-state index in [0.717, 1.165) is 23.7 Å². The van der Waals surface area contributed by atoms with Crippen LogP contribution in [0, 0.1) is 6.92 Å². The average Bonchev–Trinajstić information content (AvgIpc) is 2.38. The number of anilines is 1. The van der Waals surface area contributed by atoms with Crippen molar-refractivity contribution in [3.63, 3.8) is 0 Å². The minimum atomic E-state index is 0.625. The Kier molecular flexibility index (Phi) is 3.97. The fraction of sp³-hybridized carbons (Fsp3) is 0.214. The van der Waals surface area contributed by atoms with Gasteiger partial charge in [0, 0.05) is 6.20 Å². The third-order valence-electron chi connectivity index (χ3n) is 2.42. The van der Waals surface area contributed by atoms with Crippen LogP contribution in [-0.4, -0.2) is 18.1 Å². The fourth-order valence-corrected chi connectivity index (χ4v) is 1.53. The van der Waals surface area contributed by atoms with Crippen molar-refractivity contribution < 1.29 is 4.74 Å². The van der Waals surface area contributed by atoms with Crippen LogP contribution < -0.4 is 10.1 Å². The van der Waals surface area contributed by atoms with E-state index in [-0.39, 0.29) is 0 Å². The number of nitrogens with one attached hydrogen (secondary N) is 1. The maximum Gasteiger partial charge on any atom is 0.128 e. The number of nitrogens with zero attached hydrogens (tertiary/aromatic N) is 1. The van der Waals surface area contributed by atoms with Gasteiger partial charge in [0.15, 0.2) is 0 Å². The van der Waals surface area contributed by atoms with Crippen LogP contribution >= 0.6 is 0 Å². The van der Waals surface area contributed by atoms with Crippen molar-refractivity contribution in [2.45, 2.75) is 6.92 Å². The fourth-order valence-electron chi connectivity index (χ4n) is 1.53. The van der Waals surface area contributed by atoms with Gasteiger partial charge in [0.25, 0.3) is 0 Å². The molecule has 88 valence electrons. The van der Waals surface area contributed by atoms with Gasteiger partial charge in [0.1, 0.15) is 18.2 Å². The summed E-state index contributed by atoms with van der Waals surface area (Å²) in [5, 5.41) is 3.25. The number of benzene rings is 1. The quantitative estimate of drug-likeness (QED) is 0.799. The van der Waals surface area contributed by atoms with Gasteiger partial charge in [0.2, 0.25) is 0 Å². The minimum absolute atomic E-state index is 0.625. The van der Waals surface area contributed by atoms with Gasteiger partial charge >= 0.3 is 0 Å². The summed E-state index contributed by atoms with van der Waals surface area (Å²) in [7, 11) is 0. The van der Waals surface area contributed by atoms with Gasteiger partial charge in [-0.15, -0.1) is 0 Å². The highest BCUT2D eigenvalue weighted by Crippen LogP contribution is 2.10. The Hall–Kier alpha value is -2.03. The Bertz CT molecular complexity index is 457. The topological polar surface area (TPSA) is 34.2 Å². The van der Waals surface area contributed by atoms with Crippen molar-refractivity contribution in [1.29, 1.82) is 0 Å². The zero-order valence-corrected chi connectivity index (χ0v) is 9.89. The third-order valence-corrected chi connectivity index (χ3v) is 2.42. The molecule has 0 saturated carbocycles. The second-order valence-electron chi connectivity index (χ2n) is 3.76. The van der Waals surface area contributed by atoms with E-state index in [4.69, 9.17) is 4.74 Å². The lowest BCUT2D eigenvalue weighted by atomic mass is 10.3. The molecule has 0 amide bonds. The molecular formula is C14H16N2O. The molecule has 17 heavy (non-hydrogen) atoms. The van der Waals surface area contributed by atoms with Gasteiger partial charge in [-0.25, -0.2) is 4.98 Å². The molecule has 2 rings (SSSR count). The molecule has 1 N–H and O–H groups in total. The molecule has 3 nitrogen and oxygen atoms in total. The Morgan fingerprint density at radius 1 is 1.12 bits per heavy atom. The van der Waals surface area contributed by atoms with Crippen molar-refractivity contribution in [2.75, 3.05) is 18.5 Å². The van der Waals surface area contributed by atoms with Crippen LogP contribution in [0.25, 0.3) is 0 Å². The van der Waals surface area contributed by atoms with E-state index in [2.05, 4.69) is 10.3 Å². The second kappa shape index (κ2) is 5.89. The molecule has 0 aliphatic heterocycles. The van der Waals surface area contributed by atoms with Crippen molar-refractivity contribution >= 4 is 5.82 Å². The van der Waals surface area contributed by atoms with E-state index in [1.54, 1.807) is 6.20 Å². The SMILES string of the molecule is Cc1cccnc1NCCOc1ccccc1.